The lowest BCUT2D eigenvalue weighted by molar-refractivity contribution is 0.656. The Morgan fingerprint density at radius 3 is 2.52 bits per heavy atom. The largest absolute Gasteiger partial charge is 0.307 e. The number of nitrogens with zero attached hydrogens (tertiary/aromatic N) is 2. The van der Waals surface area contributed by atoms with E-state index in [0.29, 0.717) is 16.5 Å². The van der Waals surface area contributed by atoms with Crippen LogP contribution in [0.25, 0.3) is 11.3 Å². The van der Waals surface area contributed by atoms with Gasteiger partial charge in [-0.15, -0.1) is 11.8 Å². The molecule has 108 valence electrons. The summed E-state index contributed by atoms with van der Waals surface area (Å²) in [4.78, 5) is 13.2. The Labute approximate surface area is 133 Å². The van der Waals surface area contributed by atoms with Crippen molar-refractivity contribution >= 4 is 23.4 Å². The molecule has 1 aromatic carbocycles. The lowest BCUT2D eigenvalue weighted by Crippen LogP contribution is -2.25. The molecule has 0 fully saturated rings. The molecule has 0 aliphatic rings. The number of nitriles is 1. The number of benzene rings is 1. The van der Waals surface area contributed by atoms with Crippen molar-refractivity contribution in [2.75, 3.05) is 6.26 Å². The fourth-order valence-electron chi connectivity index (χ4n) is 2.19. The number of halogens is 1. The van der Waals surface area contributed by atoms with Crippen LogP contribution in [0.2, 0.25) is 5.02 Å². The van der Waals surface area contributed by atoms with Crippen molar-refractivity contribution in [2.24, 2.45) is 0 Å². The van der Waals surface area contributed by atoms with Crippen molar-refractivity contribution in [3.63, 3.8) is 0 Å². The maximum absolute atomic E-state index is 12.5. The number of hydrogen-bond donors (Lipinski definition) is 0. The lowest BCUT2D eigenvalue weighted by atomic mass is 10.1. The highest BCUT2D eigenvalue weighted by atomic mass is 35.5. The van der Waals surface area contributed by atoms with E-state index in [4.69, 9.17) is 11.6 Å². The minimum Gasteiger partial charge on any atom is -0.307 e. The average Bonchev–Trinajstić information content (AvgIpc) is 2.50. The van der Waals surface area contributed by atoms with Gasteiger partial charge in [-0.25, -0.2) is 0 Å². The van der Waals surface area contributed by atoms with Gasteiger partial charge >= 0.3 is 0 Å². The third-order valence-electron chi connectivity index (χ3n) is 3.18. The molecule has 0 aliphatic heterocycles. The topological polar surface area (TPSA) is 45.8 Å². The molecule has 0 saturated heterocycles. The van der Waals surface area contributed by atoms with E-state index >= 15 is 0 Å². The van der Waals surface area contributed by atoms with Crippen LogP contribution < -0.4 is 5.56 Å². The Balaban J connectivity index is 2.75. The van der Waals surface area contributed by atoms with Gasteiger partial charge in [0.1, 0.15) is 11.6 Å². The fourth-order valence-corrected chi connectivity index (χ4v) is 2.89. The molecule has 0 amide bonds. The Kier molecular flexibility index (Phi) is 5.11. The van der Waals surface area contributed by atoms with E-state index in [1.165, 1.54) is 11.8 Å². The molecule has 1 heterocycles. The van der Waals surface area contributed by atoms with Crippen LogP contribution in [0, 0.1) is 11.3 Å². The molecule has 0 radical (unpaired) electrons. The number of pyridine rings is 1. The second kappa shape index (κ2) is 6.84. The first kappa shape index (κ1) is 15.7. The molecule has 0 aliphatic carbocycles. The number of hydrogen-bond acceptors (Lipinski definition) is 3. The van der Waals surface area contributed by atoms with Gasteiger partial charge in [0, 0.05) is 16.5 Å². The highest BCUT2D eigenvalue weighted by molar-refractivity contribution is 7.98. The molecule has 21 heavy (non-hydrogen) atoms. The van der Waals surface area contributed by atoms with Crippen LogP contribution in [0.5, 0.6) is 0 Å². The molecule has 5 heteroatoms. The van der Waals surface area contributed by atoms with Crippen LogP contribution in [-0.4, -0.2) is 10.8 Å². The summed E-state index contributed by atoms with van der Waals surface area (Å²) >= 11 is 7.33. The van der Waals surface area contributed by atoms with Gasteiger partial charge in [-0.1, -0.05) is 30.7 Å². The summed E-state index contributed by atoms with van der Waals surface area (Å²) < 4.78 is 1.67. The van der Waals surface area contributed by atoms with Crippen LogP contribution in [0.15, 0.2) is 40.0 Å². The van der Waals surface area contributed by atoms with E-state index < -0.39 is 0 Å². The molecule has 0 saturated carbocycles. The van der Waals surface area contributed by atoms with Crippen LogP contribution in [0.3, 0.4) is 0 Å². The number of aromatic nitrogens is 1. The van der Waals surface area contributed by atoms with Crippen molar-refractivity contribution in [1.29, 1.82) is 5.26 Å². The summed E-state index contributed by atoms with van der Waals surface area (Å²) in [5.74, 6) is 0. The second-order valence-corrected chi connectivity index (χ2v) is 5.83. The highest BCUT2D eigenvalue weighted by Gasteiger charge is 2.15. The molecule has 0 spiro atoms. The SMILES string of the molecule is CCCn1c(-c2ccc(Cl)cc2)cc(SC)c(C#N)c1=O. The van der Waals surface area contributed by atoms with Gasteiger partial charge in [-0.05, 0) is 36.4 Å². The Hall–Kier alpha value is -1.70. The van der Waals surface area contributed by atoms with Crippen LogP contribution >= 0.6 is 23.4 Å². The predicted octanol–water partition coefficient (Wildman–Crippen LogP) is 4.17. The van der Waals surface area contributed by atoms with Gasteiger partial charge in [0.25, 0.3) is 5.56 Å². The van der Waals surface area contributed by atoms with Gasteiger partial charge in [0.15, 0.2) is 0 Å². The molecule has 2 rings (SSSR count). The molecule has 2 aromatic rings. The predicted molar refractivity (Wildman–Crippen MR) is 87.9 cm³/mol. The smallest absolute Gasteiger partial charge is 0.270 e. The minimum absolute atomic E-state index is 0.216. The van der Waals surface area contributed by atoms with Crippen LogP contribution in [0.1, 0.15) is 18.9 Å². The maximum Gasteiger partial charge on any atom is 0.270 e. The summed E-state index contributed by atoms with van der Waals surface area (Å²) in [6.45, 7) is 2.59. The van der Waals surface area contributed by atoms with Crippen molar-refractivity contribution in [3.8, 4) is 17.3 Å². The van der Waals surface area contributed by atoms with Crippen molar-refractivity contribution in [2.45, 2.75) is 24.8 Å². The van der Waals surface area contributed by atoms with E-state index in [9.17, 15) is 10.1 Å². The van der Waals surface area contributed by atoms with Gasteiger partial charge in [0.2, 0.25) is 0 Å². The van der Waals surface area contributed by atoms with Gasteiger partial charge in [-0.3, -0.25) is 4.79 Å². The summed E-state index contributed by atoms with van der Waals surface area (Å²) in [5.41, 5.74) is 1.73. The molecule has 0 atom stereocenters. The molecule has 1 aromatic heterocycles. The Bertz CT molecular complexity index is 745. The molecular formula is C16H15ClN2OS. The lowest BCUT2D eigenvalue weighted by Gasteiger charge is -2.15. The summed E-state index contributed by atoms with van der Waals surface area (Å²) in [6, 6.07) is 11.3. The monoisotopic (exact) mass is 318 g/mol. The van der Waals surface area contributed by atoms with Crippen molar-refractivity contribution < 1.29 is 0 Å². The van der Waals surface area contributed by atoms with E-state index in [-0.39, 0.29) is 11.1 Å². The zero-order chi connectivity index (χ0) is 15.4. The van der Waals surface area contributed by atoms with Crippen molar-refractivity contribution in [1.82, 2.24) is 4.57 Å². The Morgan fingerprint density at radius 2 is 2.00 bits per heavy atom. The minimum atomic E-state index is -0.226. The molecular weight excluding hydrogens is 304 g/mol. The quantitative estimate of drug-likeness (QED) is 0.795. The van der Waals surface area contributed by atoms with Gasteiger partial charge < -0.3 is 4.57 Å². The Morgan fingerprint density at radius 1 is 1.33 bits per heavy atom. The van der Waals surface area contributed by atoms with E-state index in [2.05, 4.69) is 0 Å². The zero-order valence-corrected chi connectivity index (χ0v) is 13.5. The van der Waals surface area contributed by atoms with Crippen molar-refractivity contribution in [3.05, 3.63) is 51.3 Å². The van der Waals surface area contributed by atoms with E-state index in [1.807, 2.05) is 37.4 Å². The van der Waals surface area contributed by atoms with Crippen LogP contribution in [0.4, 0.5) is 0 Å². The standard InChI is InChI=1S/C16H15ClN2OS/c1-3-8-19-14(11-4-6-12(17)7-5-11)9-15(21-2)13(10-18)16(19)20/h4-7,9H,3,8H2,1-2H3. The van der Waals surface area contributed by atoms with Gasteiger partial charge in [0.05, 0.1) is 5.69 Å². The molecule has 0 N–H and O–H groups in total. The summed E-state index contributed by atoms with van der Waals surface area (Å²) in [5, 5.41) is 9.88. The fraction of sp³-hybridized carbons (Fsp3) is 0.250. The maximum atomic E-state index is 12.5. The van der Waals surface area contributed by atoms with Gasteiger partial charge in [-0.2, -0.15) is 5.26 Å². The first-order valence-corrected chi connectivity index (χ1v) is 8.20. The third-order valence-corrected chi connectivity index (χ3v) is 4.20. The summed E-state index contributed by atoms with van der Waals surface area (Å²) in [7, 11) is 0. The van der Waals surface area contributed by atoms with Crippen LogP contribution in [-0.2, 0) is 6.54 Å². The first-order chi connectivity index (χ1) is 10.1. The normalized spacial score (nSPS) is 10.4. The highest BCUT2D eigenvalue weighted by Crippen LogP contribution is 2.26. The molecule has 0 bridgehead atoms. The number of thioether (sulfide) groups is 1. The molecule has 0 unspecified atom stereocenters. The van der Waals surface area contributed by atoms with E-state index in [1.54, 1.807) is 16.7 Å². The first-order valence-electron chi connectivity index (χ1n) is 6.60. The zero-order valence-electron chi connectivity index (χ0n) is 11.9. The molecule has 3 nitrogen and oxygen atoms in total. The second-order valence-electron chi connectivity index (χ2n) is 4.55. The average molecular weight is 319 g/mol. The third kappa shape index (κ3) is 3.15. The number of rotatable bonds is 4. The summed E-state index contributed by atoms with van der Waals surface area (Å²) in [6.07, 6.45) is 2.69. The van der Waals surface area contributed by atoms with E-state index in [0.717, 1.165) is 17.7 Å².